The van der Waals surface area contributed by atoms with Gasteiger partial charge in [-0.25, -0.2) is 13.1 Å². The van der Waals surface area contributed by atoms with E-state index >= 15 is 0 Å². The quantitative estimate of drug-likeness (QED) is 0.674. The summed E-state index contributed by atoms with van der Waals surface area (Å²) in [5.74, 6) is 0.309. The second-order valence-electron chi connectivity index (χ2n) is 4.98. The monoisotopic (exact) mass is 328 g/mol. The van der Waals surface area contributed by atoms with E-state index in [-0.39, 0.29) is 6.54 Å². The number of aromatic nitrogens is 4. The molecule has 21 heavy (non-hydrogen) atoms. The molecule has 1 fully saturated rings. The van der Waals surface area contributed by atoms with Crippen LogP contribution in [0.25, 0.3) is 0 Å². The summed E-state index contributed by atoms with van der Waals surface area (Å²) in [6, 6.07) is 0.537. The van der Waals surface area contributed by atoms with Gasteiger partial charge in [-0.1, -0.05) is 5.21 Å². The number of hydrogen-bond acceptors (Lipinski definition) is 7. The molecule has 3 rings (SSSR count). The Morgan fingerprint density at radius 3 is 2.90 bits per heavy atom. The molecule has 0 saturated heterocycles. The van der Waals surface area contributed by atoms with Crippen molar-refractivity contribution < 1.29 is 8.42 Å². The normalized spacial score (nSPS) is 15.5. The molecule has 0 aromatic carbocycles. The molecule has 2 aromatic heterocycles. The maximum Gasteiger partial charge on any atom is 0.242 e. The Morgan fingerprint density at radius 1 is 1.43 bits per heavy atom. The van der Waals surface area contributed by atoms with Gasteiger partial charge < -0.3 is 5.32 Å². The average Bonchev–Trinajstić information content (AvgIpc) is 2.97. The molecule has 1 saturated carbocycles. The molecule has 2 aromatic rings. The van der Waals surface area contributed by atoms with Crippen molar-refractivity contribution in [1.82, 2.24) is 30.7 Å². The maximum absolute atomic E-state index is 12.5. The van der Waals surface area contributed by atoms with E-state index in [1.165, 1.54) is 24.2 Å². The molecule has 0 spiro atoms. The minimum Gasteiger partial charge on any atom is -0.309 e. The first-order valence-electron chi connectivity index (χ1n) is 6.58. The molecule has 1 aliphatic carbocycles. The first kappa shape index (κ1) is 14.6. The van der Waals surface area contributed by atoms with Gasteiger partial charge >= 0.3 is 0 Å². The summed E-state index contributed by atoms with van der Waals surface area (Å²) in [6.45, 7) is 2.41. The van der Waals surface area contributed by atoms with Gasteiger partial charge in [0.25, 0.3) is 0 Å². The van der Waals surface area contributed by atoms with E-state index in [1.54, 1.807) is 6.92 Å². The molecule has 0 amide bonds. The van der Waals surface area contributed by atoms with Gasteiger partial charge in [0.15, 0.2) is 5.82 Å². The number of hydrogen-bond donors (Lipinski definition) is 3. The van der Waals surface area contributed by atoms with Crippen molar-refractivity contribution in [2.24, 2.45) is 0 Å². The minimum atomic E-state index is -3.58. The summed E-state index contributed by atoms with van der Waals surface area (Å²) in [5, 5.41) is 18.4. The highest BCUT2D eigenvalue weighted by Crippen LogP contribution is 2.28. The number of nitrogens with one attached hydrogen (secondary N) is 3. The Bertz CT molecular complexity index is 705. The molecule has 0 bridgehead atoms. The van der Waals surface area contributed by atoms with Crippen LogP contribution < -0.4 is 10.0 Å². The van der Waals surface area contributed by atoms with Crippen LogP contribution in [0, 0.1) is 6.92 Å². The molecule has 0 radical (unpaired) electrons. The maximum atomic E-state index is 12.5. The number of aryl methyl sites for hydroxylation is 1. The molecular formula is C11H16N6O2S2. The summed E-state index contributed by atoms with van der Waals surface area (Å²) in [6.07, 6.45) is 2.34. The van der Waals surface area contributed by atoms with Crippen LogP contribution >= 0.6 is 11.3 Å². The second kappa shape index (κ2) is 5.79. The van der Waals surface area contributed by atoms with Crippen molar-refractivity contribution in [3.63, 3.8) is 0 Å². The van der Waals surface area contributed by atoms with Crippen molar-refractivity contribution in [2.45, 2.75) is 43.8 Å². The fraction of sp³-hybridized carbons (Fsp3) is 0.545. The zero-order chi connectivity index (χ0) is 14.9. The van der Waals surface area contributed by atoms with Gasteiger partial charge in [0.05, 0.1) is 6.54 Å². The predicted molar refractivity (Wildman–Crippen MR) is 77.1 cm³/mol. The third-order valence-corrected chi connectivity index (χ3v) is 6.06. The van der Waals surface area contributed by atoms with Gasteiger partial charge in [-0.15, -0.1) is 21.5 Å². The summed E-state index contributed by atoms with van der Waals surface area (Å²) in [7, 11) is -3.58. The summed E-state index contributed by atoms with van der Waals surface area (Å²) < 4.78 is 27.5. The number of thiophene rings is 1. The van der Waals surface area contributed by atoms with E-state index in [0.717, 1.165) is 10.4 Å². The van der Waals surface area contributed by atoms with Crippen LogP contribution in [0.1, 0.15) is 29.1 Å². The van der Waals surface area contributed by atoms with Crippen LogP contribution in [0.3, 0.4) is 0 Å². The molecule has 0 atom stereocenters. The molecule has 1 aliphatic rings. The topological polar surface area (TPSA) is 113 Å². The SMILES string of the molecule is Cc1csc(CNC2CC2)c1S(=O)(=O)NCc1nn[nH]n1. The van der Waals surface area contributed by atoms with E-state index in [2.05, 4.69) is 30.7 Å². The van der Waals surface area contributed by atoms with E-state index in [1.807, 2.05) is 5.38 Å². The number of sulfonamides is 1. The number of rotatable bonds is 7. The number of nitrogens with zero attached hydrogens (tertiary/aromatic N) is 3. The lowest BCUT2D eigenvalue weighted by molar-refractivity contribution is 0.576. The zero-order valence-electron chi connectivity index (χ0n) is 11.5. The number of H-pyrrole nitrogens is 1. The Balaban J connectivity index is 1.75. The summed E-state index contributed by atoms with van der Waals surface area (Å²) in [5.41, 5.74) is 0.758. The zero-order valence-corrected chi connectivity index (χ0v) is 13.1. The van der Waals surface area contributed by atoms with Crippen molar-refractivity contribution >= 4 is 21.4 Å². The summed E-state index contributed by atoms with van der Waals surface area (Å²) in [4.78, 5) is 1.20. The Hall–Kier alpha value is -1.36. The predicted octanol–water partition coefficient (Wildman–Crippen LogP) is 0.300. The molecule has 114 valence electrons. The van der Waals surface area contributed by atoms with Gasteiger partial charge in [-0.2, -0.15) is 5.21 Å². The van der Waals surface area contributed by atoms with E-state index in [9.17, 15) is 8.42 Å². The Morgan fingerprint density at radius 2 is 2.24 bits per heavy atom. The van der Waals surface area contributed by atoms with Crippen molar-refractivity contribution in [3.8, 4) is 0 Å². The first-order chi connectivity index (χ1) is 10.1. The lowest BCUT2D eigenvalue weighted by Gasteiger charge is -2.08. The third-order valence-electron chi connectivity index (χ3n) is 3.20. The largest absolute Gasteiger partial charge is 0.309 e. The van der Waals surface area contributed by atoms with Crippen LogP contribution in [0.4, 0.5) is 0 Å². The van der Waals surface area contributed by atoms with E-state index < -0.39 is 10.0 Å². The van der Waals surface area contributed by atoms with Crippen LogP contribution in [-0.4, -0.2) is 35.1 Å². The minimum absolute atomic E-state index is 0.0175. The van der Waals surface area contributed by atoms with Gasteiger partial charge in [0.1, 0.15) is 4.90 Å². The van der Waals surface area contributed by atoms with E-state index in [0.29, 0.717) is 23.3 Å². The van der Waals surface area contributed by atoms with Gasteiger partial charge in [0, 0.05) is 17.5 Å². The fourth-order valence-electron chi connectivity index (χ4n) is 1.98. The van der Waals surface area contributed by atoms with Gasteiger partial charge in [-0.05, 0) is 30.7 Å². The molecule has 8 nitrogen and oxygen atoms in total. The Labute approximate surface area is 126 Å². The number of tetrazole rings is 1. The van der Waals surface area contributed by atoms with E-state index in [4.69, 9.17) is 0 Å². The highest BCUT2D eigenvalue weighted by molar-refractivity contribution is 7.89. The van der Waals surface area contributed by atoms with Crippen LogP contribution in [0.15, 0.2) is 10.3 Å². The third kappa shape index (κ3) is 3.46. The molecular weight excluding hydrogens is 312 g/mol. The fourth-order valence-corrected chi connectivity index (χ4v) is 4.72. The molecule has 2 heterocycles. The summed E-state index contributed by atoms with van der Waals surface area (Å²) >= 11 is 1.46. The molecule has 3 N–H and O–H groups in total. The molecule has 0 aliphatic heterocycles. The second-order valence-corrected chi connectivity index (χ2v) is 7.65. The number of aromatic amines is 1. The van der Waals surface area contributed by atoms with Gasteiger partial charge in [0.2, 0.25) is 10.0 Å². The van der Waals surface area contributed by atoms with Crippen LogP contribution in [0.5, 0.6) is 0 Å². The Kier molecular flexibility index (Phi) is 4.02. The van der Waals surface area contributed by atoms with Crippen molar-refractivity contribution in [3.05, 3.63) is 21.6 Å². The lowest BCUT2D eigenvalue weighted by atomic mass is 10.3. The lowest BCUT2D eigenvalue weighted by Crippen LogP contribution is -2.26. The molecule has 0 unspecified atom stereocenters. The van der Waals surface area contributed by atoms with Gasteiger partial charge in [-0.3, -0.25) is 0 Å². The van der Waals surface area contributed by atoms with Crippen LogP contribution in [0.2, 0.25) is 0 Å². The highest BCUT2D eigenvalue weighted by Gasteiger charge is 2.25. The van der Waals surface area contributed by atoms with Crippen molar-refractivity contribution in [2.75, 3.05) is 0 Å². The van der Waals surface area contributed by atoms with Crippen LogP contribution in [-0.2, 0) is 23.1 Å². The first-order valence-corrected chi connectivity index (χ1v) is 8.95. The van der Waals surface area contributed by atoms with Crippen molar-refractivity contribution in [1.29, 1.82) is 0 Å². The molecule has 10 heteroatoms. The smallest absolute Gasteiger partial charge is 0.242 e. The standard InChI is InChI=1S/C11H16N6O2S2/c1-7-6-20-9(4-12-8-2-3-8)11(7)21(18,19)13-5-10-14-16-17-15-10/h6,8,12-13H,2-5H2,1H3,(H,14,15,16,17). The highest BCUT2D eigenvalue weighted by atomic mass is 32.2. The average molecular weight is 328 g/mol.